The van der Waals surface area contributed by atoms with Crippen LogP contribution in [-0.2, 0) is 9.53 Å². The van der Waals surface area contributed by atoms with Crippen LogP contribution in [0.1, 0.15) is 39.5 Å². The van der Waals surface area contributed by atoms with Crippen LogP contribution in [0.25, 0.3) is 0 Å². The smallest absolute Gasteiger partial charge is 0.307 e. The van der Waals surface area contributed by atoms with Crippen molar-refractivity contribution in [3.63, 3.8) is 0 Å². The summed E-state index contributed by atoms with van der Waals surface area (Å²) >= 11 is 0. The molecule has 2 N–H and O–H groups in total. The first kappa shape index (κ1) is 10.5. The van der Waals surface area contributed by atoms with Gasteiger partial charge in [0.2, 0.25) is 0 Å². The van der Waals surface area contributed by atoms with Gasteiger partial charge in [-0.25, -0.2) is 0 Å². The number of esters is 1. The third kappa shape index (κ3) is 1.85. The fourth-order valence-electron chi connectivity index (χ4n) is 2.09. The molecule has 1 fully saturated rings. The minimum Gasteiger partial charge on any atom is -0.469 e. The van der Waals surface area contributed by atoms with E-state index in [1.807, 2.05) is 0 Å². The Balaban J connectivity index is 2.70. The van der Waals surface area contributed by atoms with Crippen molar-refractivity contribution in [1.82, 2.24) is 0 Å². The van der Waals surface area contributed by atoms with Crippen LogP contribution in [0.15, 0.2) is 0 Å². The predicted molar refractivity (Wildman–Crippen MR) is 51.2 cm³/mol. The lowest BCUT2D eigenvalue weighted by molar-refractivity contribution is -0.143. The standard InChI is InChI=1S/C10H19NO2/c1-9(2)5-4-6-10(9,11)7-8(12)13-3/h4-7,11H2,1-3H3. The quantitative estimate of drug-likeness (QED) is 0.662. The molecule has 0 spiro atoms. The summed E-state index contributed by atoms with van der Waals surface area (Å²) in [5, 5.41) is 0. The molecule has 76 valence electrons. The summed E-state index contributed by atoms with van der Waals surface area (Å²) in [6.45, 7) is 4.26. The molecular weight excluding hydrogens is 166 g/mol. The highest BCUT2D eigenvalue weighted by Gasteiger charge is 2.47. The Bertz CT molecular complexity index is 213. The molecule has 1 aliphatic carbocycles. The Morgan fingerprint density at radius 1 is 1.46 bits per heavy atom. The summed E-state index contributed by atoms with van der Waals surface area (Å²) in [4.78, 5) is 11.2. The lowest BCUT2D eigenvalue weighted by Crippen LogP contribution is -2.50. The van der Waals surface area contributed by atoms with E-state index in [1.54, 1.807) is 0 Å². The largest absolute Gasteiger partial charge is 0.469 e. The Kier molecular flexibility index (Phi) is 2.66. The SMILES string of the molecule is COC(=O)CC1(N)CCCC1(C)C. The molecule has 1 atom stereocenters. The number of nitrogens with two attached hydrogens (primary N) is 1. The lowest BCUT2D eigenvalue weighted by atomic mass is 9.74. The van der Waals surface area contributed by atoms with Crippen molar-refractivity contribution in [2.75, 3.05) is 7.11 Å². The van der Waals surface area contributed by atoms with Crippen LogP contribution in [0.4, 0.5) is 0 Å². The second-order valence-corrected chi connectivity index (χ2v) is 4.65. The third-order valence-electron chi connectivity index (χ3n) is 3.46. The molecule has 1 aliphatic rings. The maximum absolute atomic E-state index is 11.2. The highest BCUT2D eigenvalue weighted by Crippen LogP contribution is 2.46. The summed E-state index contributed by atoms with van der Waals surface area (Å²) in [5.41, 5.74) is 5.91. The molecule has 3 nitrogen and oxygen atoms in total. The van der Waals surface area contributed by atoms with E-state index in [9.17, 15) is 4.79 Å². The molecule has 0 saturated heterocycles. The minimum atomic E-state index is -0.361. The van der Waals surface area contributed by atoms with Gasteiger partial charge in [-0.3, -0.25) is 4.79 Å². The van der Waals surface area contributed by atoms with Crippen molar-refractivity contribution in [2.24, 2.45) is 11.1 Å². The maximum atomic E-state index is 11.2. The number of carbonyl (C=O) groups excluding carboxylic acids is 1. The molecule has 0 bridgehead atoms. The normalized spacial score (nSPS) is 31.7. The van der Waals surface area contributed by atoms with Gasteiger partial charge in [0.05, 0.1) is 13.5 Å². The van der Waals surface area contributed by atoms with Gasteiger partial charge in [0.1, 0.15) is 0 Å². The van der Waals surface area contributed by atoms with E-state index in [1.165, 1.54) is 7.11 Å². The first-order valence-corrected chi connectivity index (χ1v) is 4.77. The topological polar surface area (TPSA) is 52.3 Å². The van der Waals surface area contributed by atoms with Crippen LogP contribution in [0.2, 0.25) is 0 Å². The number of hydrogen-bond donors (Lipinski definition) is 1. The van der Waals surface area contributed by atoms with E-state index in [-0.39, 0.29) is 16.9 Å². The van der Waals surface area contributed by atoms with Gasteiger partial charge >= 0.3 is 5.97 Å². The van der Waals surface area contributed by atoms with E-state index in [0.29, 0.717) is 6.42 Å². The molecular formula is C10H19NO2. The summed E-state index contributed by atoms with van der Waals surface area (Å²) < 4.78 is 4.65. The summed E-state index contributed by atoms with van der Waals surface area (Å²) in [6, 6.07) is 0. The second kappa shape index (κ2) is 3.29. The third-order valence-corrected chi connectivity index (χ3v) is 3.46. The van der Waals surface area contributed by atoms with Crippen molar-refractivity contribution >= 4 is 5.97 Å². The number of ether oxygens (including phenoxy) is 1. The summed E-state index contributed by atoms with van der Waals surface area (Å²) in [5.74, 6) is -0.197. The van der Waals surface area contributed by atoms with Crippen molar-refractivity contribution in [2.45, 2.75) is 45.1 Å². The van der Waals surface area contributed by atoms with E-state index in [0.717, 1.165) is 19.3 Å². The molecule has 0 heterocycles. The highest BCUT2D eigenvalue weighted by molar-refractivity contribution is 5.71. The van der Waals surface area contributed by atoms with Crippen molar-refractivity contribution in [1.29, 1.82) is 0 Å². The van der Waals surface area contributed by atoms with Gasteiger partial charge in [-0.2, -0.15) is 0 Å². The van der Waals surface area contributed by atoms with Crippen LogP contribution in [0.3, 0.4) is 0 Å². The minimum absolute atomic E-state index is 0.0567. The molecule has 13 heavy (non-hydrogen) atoms. The van der Waals surface area contributed by atoms with Crippen molar-refractivity contribution in [3.05, 3.63) is 0 Å². The van der Waals surface area contributed by atoms with E-state index in [2.05, 4.69) is 18.6 Å². The van der Waals surface area contributed by atoms with Crippen LogP contribution in [-0.4, -0.2) is 18.6 Å². The Hall–Kier alpha value is -0.570. The zero-order chi connectivity index (χ0) is 10.1. The first-order valence-electron chi connectivity index (χ1n) is 4.77. The van der Waals surface area contributed by atoms with Gasteiger partial charge in [0.25, 0.3) is 0 Å². The average molecular weight is 185 g/mol. The van der Waals surface area contributed by atoms with E-state index < -0.39 is 0 Å². The molecule has 0 aromatic carbocycles. The molecule has 0 amide bonds. The Labute approximate surface area is 79.6 Å². The molecule has 1 unspecified atom stereocenters. The molecule has 0 aromatic heterocycles. The summed E-state index contributed by atoms with van der Waals surface area (Å²) in [7, 11) is 1.41. The zero-order valence-electron chi connectivity index (χ0n) is 8.72. The summed E-state index contributed by atoms with van der Waals surface area (Å²) in [6.07, 6.45) is 3.48. The molecule has 3 heteroatoms. The van der Waals surface area contributed by atoms with Crippen LogP contribution < -0.4 is 5.73 Å². The predicted octanol–water partition coefficient (Wildman–Crippen LogP) is 1.46. The lowest BCUT2D eigenvalue weighted by Gasteiger charge is -2.37. The fraction of sp³-hybridized carbons (Fsp3) is 0.900. The van der Waals surface area contributed by atoms with Gasteiger partial charge in [-0.15, -0.1) is 0 Å². The molecule has 0 aromatic rings. The van der Waals surface area contributed by atoms with E-state index >= 15 is 0 Å². The highest BCUT2D eigenvalue weighted by atomic mass is 16.5. The number of carbonyl (C=O) groups is 1. The molecule has 1 saturated carbocycles. The molecule has 1 rings (SSSR count). The number of rotatable bonds is 2. The van der Waals surface area contributed by atoms with Gasteiger partial charge < -0.3 is 10.5 Å². The van der Waals surface area contributed by atoms with Gasteiger partial charge in [-0.1, -0.05) is 20.3 Å². The maximum Gasteiger partial charge on any atom is 0.307 e. The van der Waals surface area contributed by atoms with Gasteiger partial charge in [0, 0.05) is 5.54 Å². The average Bonchev–Trinajstić information content (AvgIpc) is 2.26. The van der Waals surface area contributed by atoms with Gasteiger partial charge in [0.15, 0.2) is 0 Å². The molecule has 0 radical (unpaired) electrons. The number of hydrogen-bond acceptors (Lipinski definition) is 3. The monoisotopic (exact) mass is 185 g/mol. The first-order chi connectivity index (χ1) is 5.91. The Morgan fingerprint density at radius 3 is 2.46 bits per heavy atom. The van der Waals surface area contributed by atoms with Crippen molar-refractivity contribution in [3.8, 4) is 0 Å². The van der Waals surface area contributed by atoms with Gasteiger partial charge in [-0.05, 0) is 18.3 Å². The van der Waals surface area contributed by atoms with Crippen molar-refractivity contribution < 1.29 is 9.53 Å². The Morgan fingerprint density at radius 2 is 2.08 bits per heavy atom. The van der Waals surface area contributed by atoms with Crippen LogP contribution >= 0.6 is 0 Å². The zero-order valence-corrected chi connectivity index (χ0v) is 8.72. The van der Waals surface area contributed by atoms with E-state index in [4.69, 9.17) is 5.73 Å². The second-order valence-electron chi connectivity index (χ2n) is 4.65. The van der Waals surface area contributed by atoms with Crippen LogP contribution in [0.5, 0.6) is 0 Å². The number of methoxy groups -OCH3 is 1. The molecule has 0 aliphatic heterocycles. The van der Waals surface area contributed by atoms with Crippen LogP contribution in [0, 0.1) is 5.41 Å². The fourth-order valence-corrected chi connectivity index (χ4v) is 2.09.